The van der Waals surface area contributed by atoms with Crippen molar-refractivity contribution in [3.63, 3.8) is 0 Å². The molecule has 0 saturated carbocycles. The Morgan fingerprint density at radius 1 is 1.20 bits per heavy atom. The smallest absolute Gasteiger partial charge is 0.261 e. The number of fused-ring (bicyclic) bond motifs is 1. The summed E-state index contributed by atoms with van der Waals surface area (Å²) in [4.78, 5) is 47.5. The molecule has 1 aromatic carbocycles. The maximum atomic E-state index is 12.6. The van der Waals surface area contributed by atoms with Gasteiger partial charge >= 0.3 is 0 Å². The number of benzene rings is 1. The van der Waals surface area contributed by atoms with Gasteiger partial charge in [-0.3, -0.25) is 19.3 Å². The molecule has 4 rings (SSSR count). The number of nitrogens with one attached hydrogen (secondary N) is 2. The van der Waals surface area contributed by atoms with Crippen LogP contribution in [-0.4, -0.2) is 45.7 Å². The first-order valence-corrected chi connectivity index (χ1v) is 10.7. The van der Waals surface area contributed by atoms with Gasteiger partial charge in [-0.25, -0.2) is 4.98 Å². The lowest BCUT2D eigenvalue weighted by molar-refractivity contribution is 0.0636. The number of imide groups is 1. The van der Waals surface area contributed by atoms with E-state index in [4.69, 9.17) is 0 Å². The van der Waals surface area contributed by atoms with Gasteiger partial charge in [0.25, 0.3) is 17.7 Å². The molecule has 0 unspecified atom stereocenters. The summed E-state index contributed by atoms with van der Waals surface area (Å²) in [6.45, 7) is 4.69. The summed E-state index contributed by atoms with van der Waals surface area (Å²) in [5.74, 6) is -0.735. The molecule has 0 bridgehead atoms. The zero-order chi connectivity index (χ0) is 21.3. The van der Waals surface area contributed by atoms with Crippen LogP contribution >= 0.6 is 11.3 Å². The highest BCUT2D eigenvalue weighted by Gasteiger charge is 2.36. The standard InChI is InChI=1S/C22H22N4O3S/c1-13(2)11-26-21(28)15-6-5-14(10-16(15)22(26)29)20(27)23-8-7-17-19(25-12-24-17)18-4-3-9-30-18/h3-6,9-10,12-13H,7-8,11H2,1-2H3,(H,23,27)(H,24,25). The molecule has 2 aromatic heterocycles. The van der Waals surface area contributed by atoms with E-state index < -0.39 is 0 Å². The first kappa shape index (κ1) is 20.0. The predicted octanol–water partition coefficient (Wildman–Crippen LogP) is 3.36. The van der Waals surface area contributed by atoms with Gasteiger partial charge in [0.2, 0.25) is 0 Å². The summed E-state index contributed by atoms with van der Waals surface area (Å²) < 4.78 is 0. The maximum absolute atomic E-state index is 12.6. The number of aromatic nitrogens is 2. The van der Waals surface area contributed by atoms with Crippen molar-refractivity contribution in [1.29, 1.82) is 0 Å². The second kappa shape index (κ2) is 8.23. The predicted molar refractivity (Wildman–Crippen MR) is 115 cm³/mol. The van der Waals surface area contributed by atoms with Gasteiger partial charge < -0.3 is 10.3 Å². The minimum Gasteiger partial charge on any atom is -0.352 e. The van der Waals surface area contributed by atoms with Crippen molar-refractivity contribution in [3.05, 3.63) is 64.4 Å². The Balaban J connectivity index is 1.41. The summed E-state index contributed by atoms with van der Waals surface area (Å²) >= 11 is 1.61. The fourth-order valence-corrected chi connectivity index (χ4v) is 4.25. The fourth-order valence-electron chi connectivity index (χ4n) is 3.50. The van der Waals surface area contributed by atoms with E-state index in [0.29, 0.717) is 36.2 Å². The quantitative estimate of drug-likeness (QED) is 0.571. The second-order valence-corrected chi connectivity index (χ2v) is 8.54. The number of hydrogen-bond acceptors (Lipinski definition) is 5. The number of amides is 3. The highest BCUT2D eigenvalue weighted by atomic mass is 32.1. The molecule has 0 atom stereocenters. The van der Waals surface area contributed by atoms with E-state index >= 15 is 0 Å². The van der Waals surface area contributed by atoms with Gasteiger partial charge in [0, 0.05) is 30.8 Å². The first-order valence-electron chi connectivity index (χ1n) is 9.80. The molecule has 154 valence electrons. The third kappa shape index (κ3) is 3.78. The van der Waals surface area contributed by atoms with E-state index in [-0.39, 0.29) is 23.6 Å². The first-order chi connectivity index (χ1) is 14.5. The number of thiophene rings is 1. The van der Waals surface area contributed by atoms with Crippen LogP contribution in [0.1, 0.15) is 50.6 Å². The van der Waals surface area contributed by atoms with Crippen molar-refractivity contribution in [3.8, 4) is 10.6 Å². The van der Waals surface area contributed by atoms with Gasteiger partial charge in [-0.05, 0) is 35.6 Å². The summed E-state index contributed by atoms with van der Waals surface area (Å²) in [5, 5.41) is 4.88. The van der Waals surface area contributed by atoms with Crippen LogP contribution in [0.5, 0.6) is 0 Å². The molecule has 30 heavy (non-hydrogen) atoms. The van der Waals surface area contributed by atoms with Crippen molar-refractivity contribution in [2.45, 2.75) is 20.3 Å². The lowest BCUT2D eigenvalue weighted by atomic mass is 10.1. The monoisotopic (exact) mass is 422 g/mol. The van der Waals surface area contributed by atoms with E-state index in [1.54, 1.807) is 29.8 Å². The van der Waals surface area contributed by atoms with Crippen LogP contribution in [0.25, 0.3) is 10.6 Å². The Morgan fingerprint density at radius 3 is 2.73 bits per heavy atom. The highest BCUT2D eigenvalue weighted by molar-refractivity contribution is 7.13. The number of hydrogen-bond donors (Lipinski definition) is 2. The number of aromatic amines is 1. The summed E-state index contributed by atoms with van der Waals surface area (Å²) in [6, 6.07) is 8.65. The van der Waals surface area contributed by atoms with Gasteiger partial charge in [-0.1, -0.05) is 19.9 Å². The Bertz CT molecular complexity index is 1100. The normalized spacial score (nSPS) is 13.2. The zero-order valence-electron chi connectivity index (χ0n) is 16.8. The van der Waals surface area contributed by atoms with Gasteiger partial charge in [0.05, 0.1) is 22.3 Å². The molecule has 1 aliphatic rings. The molecule has 3 aromatic rings. The van der Waals surface area contributed by atoms with Crippen LogP contribution in [-0.2, 0) is 6.42 Å². The molecule has 0 saturated heterocycles. The van der Waals surface area contributed by atoms with Crippen molar-refractivity contribution in [2.75, 3.05) is 13.1 Å². The van der Waals surface area contributed by atoms with Gasteiger partial charge in [-0.2, -0.15) is 0 Å². The van der Waals surface area contributed by atoms with Crippen molar-refractivity contribution in [2.24, 2.45) is 5.92 Å². The van der Waals surface area contributed by atoms with Gasteiger partial charge in [0.15, 0.2) is 0 Å². The minimum atomic E-state index is -0.337. The molecular formula is C22H22N4O3S. The summed E-state index contributed by atoms with van der Waals surface area (Å²) in [6.07, 6.45) is 2.25. The second-order valence-electron chi connectivity index (χ2n) is 7.59. The van der Waals surface area contributed by atoms with Crippen LogP contribution in [0.4, 0.5) is 0 Å². The number of carbonyl (C=O) groups excluding carboxylic acids is 3. The Morgan fingerprint density at radius 2 is 2.00 bits per heavy atom. The topological polar surface area (TPSA) is 95.2 Å². The molecule has 1 aliphatic heterocycles. The molecule has 0 fully saturated rings. The third-order valence-electron chi connectivity index (χ3n) is 4.91. The Labute approximate surface area is 178 Å². The van der Waals surface area contributed by atoms with Gasteiger partial charge in [0.1, 0.15) is 5.69 Å². The van der Waals surface area contributed by atoms with Crippen LogP contribution in [0.15, 0.2) is 42.0 Å². The fraction of sp³-hybridized carbons (Fsp3) is 0.273. The minimum absolute atomic E-state index is 0.177. The lowest BCUT2D eigenvalue weighted by Gasteiger charge is -2.15. The van der Waals surface area contributed by atoms with Crippen LogP contribution < -0.4 is 5.32 Å². The number of carbonyl (C=O) groups is 3. The lowest BCUT2D eigenvalue weighted by Crippen LogP contribution is -2.33. The molecular weight excluding hydrogens is 400 g/mol. The average molecular weight is 423 g/mol. The number of rotatable bonds is 7. The van der Waals surface area contributed by atoms with E-state index in [1.807, 2.05) is 31.4 Å². The van der Waals surface area contributed by atoms with E-state index in [1.165, 1.54) is 11.0 Å². The molecule has 0 aliphatic carbocycles. The third-order valence-corrected chi connectivity index (χ3v) is 5.79. The highest BCUT2D eigenvalue weighted by Crippen LogP contribution is 2.26. The zero-order valence-corrected chi connectivity index (χ0v) is 17.6. The SMILES string of the molecule is CC(C)CN1C(=O)c2ccc(C(=O)NCCc3[nH]cnc3-c3cccs3)cc2C1=O. The van der Waals surface area contributed by atoms with Crippen LogP contribution in [0.3, 0.4) is 0 Å². The van der Waals surface area contributed by atoms with Crippen molar-refractivity contribution >= 4 is 29.1 Å². The largest absolute Gasteiger partial charge is 0.352 e. The number of nitrogens with zero attached hydrogens (tertiary/aromatic N) is 2. The molecule has 8 heteroatoms. The summed E-state index contributed by atoms with van der Waals surface area (Å²) in [7, 11) is 0. The molecule has 3 amide bonds. The number of H-pyrrole nitrogens is 1. The van der Waals surface area contributed by atoms with E-state index in [2.05, 4.69) is 15.3 Å². The van der Waals surface area contributed by atoms with E-state index in [9.17, 15) is 14.4 Å². The van der Waals surface area contributed by atoms with Crippen molar-refractivity contribution < 1.29 is 14.4 Å². The molecule has 7 nitrogen and oxygen atoms in total. The Kier molecular flexibility index (Phi) is 5.50. The maximum Gasteiger partial charge on any atom is 0.261 e. The van der Waals surface area contributed by atoms with Gasteiger partial charge in [-0.15, -0.1) is 11.3 Å². The molecule has 2 N–H and O–H groups in total. The van der Waals surface area contributed by atoms with Crippen molar-refractivity contribution in [1.82, 2.24) is 20.2 Å². The molecule has 0 spiro atoms. The number of imidazole rings is 1. The average Bonchev–Trinajstić information content (AvgIpc) is 3.45. The molecule has 0 radical (unpaired) electrons. The van der Waals surface area contributed by atoms with Crippen LogP contribution in [0, 0.1) is 5.92 Å². The molecule has 3 heterocycles. The summed E-state index contributed by atoms with van der Waals surface area (Å²) in [5.41, 5.74) is 2.87. The Hall–Kier alpha value is -3.26. The van der Waals surface area contributed by atoms with Crippen LogP contribution in [0.2, 0.25) is 0 Å². The van der Waals surface area contributed by atoms with E-state index in [0.717, 1.165) is 16.3 Å².